The van der Waals surface area contributed by atoms with Crippen molar-refractivity contribution in [2.24, 2.45) is 0 Å². The molecule has 100 valence electrons. The number of hydrogen-bond donors (Lipinski definition) is 1. The first-order chi connectivity index (χ1) is 8.53. The Bertz CT molecular complexity index is 375. The topological polar surface area (TPSA) is 43.4 Å². The van der Waals surface area contributed by atoms with Crippen LogP contribution in [0.4, 0.5) is 19.0 Å². The molecule has 1 N–H and O–H groups in total. The van der Waals surface area contributed by atoms with E-state index in [4.69, 9.17) is 4.74 Å². The molecule has 0 bridgehead atoms. The zero-order chi connectivity index (χ0) is 13.0. The molecule has 1 aromatic rings. The lowest BCUT2D eigenvalue weighted by Gasteiger charge is -2.12. The summed E-state index contributed by atoms with van der Waals surface area (Å²) >= 11 is 0. The normalized spacial score (nSPS) is 19.8. The van der Waals surface area contributed by atoms with Gasteiger partial charge in [-0.3, -0.25) is 0 Å². The molecule has 4 nitrogen and oxygen atoms in total. The highest BCUT2D eigenvalue weighted by Crippen LogP contribution is 2.22. The van der Waals surface area contributed by atoms with Crippen molar-refractivity contribution in [1.82, 2.24) is 4.98 Å². The molecule has 2 rings (SSSR count). The van der Waals surface area contributed by atoms with Crippen LogP contribution in [-0.4, -0.2) is 30.6 Å². The van der Waals surface area contributed by atoms with Gasteiger partial charge in [0.2, 0.25) is 0 Å². The second-order valence-corrected chi connectivity index (χ2v) is 3.94. The van der Waals surface area contributed by atoms with Gasteiger partial charge in [0, 0.05) is 13.2 Å². The van der Waals surface area contributed by atoms with E-state index in [0.717, 1.165) is 25.6 Å². The Labute approximate surface area is 102 Å². The van der Waals surface area contributed by atoms with Gasteiger partial charge >= 0.3 is 6.36 Å². The van der Waals surface area contributed by atoms with Crippen molar-refractivity contribution >= 4 is 5.82 Å². The summed E-state index contributed by atoms with van der Waals surface area (Å²) in [5, 5.41) is 3.00. The molecule has 1 atom stereocenters. The van der Waals surface area contributed by atoms with Crippen LogP contribution in [0.25, 0.3) is 0 Å². The zero-order valence-electron chi connectivity index (χ0n) is 9.54. The van der Waals surface area contributed by atoms with E-state index >= 15 is 0 Å². The van der Waals surface area contributed by atoms with Gasteiger partial charge in [0.1, 0.15) is 11.6 Å². The summed E-state index contributed by atoms with van der Waals surface area (Å²) in [7, 11) is 0. The standard InChI is InChI=1S/C11H13F3N2O2/c12-11(13,14)18-9-3-4-10(16-7-9)15-6-8-2-1-5-17-8/h3-4,7-8H,1-2,5-6H2,(H,15,16). The highest BCUT2D eigenvalue weighted by Gasteiger charge is 2.31. The molecule has 0 amide bonds. The molecule has 2 heterocycles. The molecule has 0 saturated carbocycles. The van der Waals surface area contributed by atoms with Crippen LogP contribution >= 0.6 is 0 Å². The summed E-state index contributed by atoms with van der Waals surface area (Å²) in [6.07, 6.45) is -1.47. The van der Waals surface area contributed by atoms with E-state index in [9.17, 15) is 13.2 Å². The molecule has 1 unspecified atom stereocenters. The Morgan fingerprint density at radius 1 is 1.44 bits per heavy atom. The lowest BCUT2D eigenvalue weighted by atomic mass is 10.2. The van der Waals surface area contributed by atoms with Crippen molar-refractivity contribution in [2.45, 2.75) is 25.3 Å². The number of ether oxygens (including phenoxy) is 2. The second kappa shape index (κ2) is 5.43. The molecule has 0 spiro atoms. The molecule has 1 aliphatic rings. The monoisotopic (exact) mass is 262 g/mol. The molecule has 7 heteroatoms. The highest BCUT2D eigenvalue weighted by molar-refractivity contribution is 5.37. The van der Waals surface area contributed by atoms with Crippen molar-refractivity contribution in [3.05, 3.63) is 18.3 Å². The largest absolute Gasteiger partial charge is 0.573 e. The van der Waals surface area contributed by atoms with E-state index in [1.54, 1.807) is 0 Å². The summed E-state index contributed by atoms with van der Waals surface area (Å²) in [4.78, 5) is 3.83. The van der Waals surface area contributed by atoms with E-state index in [1.807, 2.05) is 0 Å². The Balaban J connectivity index is 1.83. The zero-order valence-corrected chi connectivity index (χ0v) is 9.54. The van der Waals surface area contributed by atoms with E-state index in [0.29, 0.717) is 12.4 Å². The van der Waals surface area contributed by atoms with Gasteiger partial charge in [0.05, 0.1) is 12.3 Å². The van der Waals surface area contributed by atoms with Crippen molar-refractivity contribution in [1.29, 1.82) is 0 Å². The van der Waals surface area contributed by atoms with Crippen molar-refractivity contribution < 1.29 is 22.6 Å². The van der Waals surface area contributed by atoms with Gasteiger partial charge in [-0.15, -0.1) is 13.2 Å². The number of halogens is 3. The maximum Gasteiger partial charge on any atom is 0.573 e. The number of pyridine rings is 1. The summed E-state index contributed by atoms with van der Waals surface area (Å²) in [6, 6.07) is 2.66. The van der Waals surface area contributed by atoms with Crippen LogP contribution in [0.2, 0.25) is 0 Å². The summed E-state index contributed by atoms with van der Waals surface area (Å²) in [5.74, 6) is 0.171. The lowest BCUT2D eigenvalue weighted by Crippen LogP contribution is -2.19. The van der Waals surface area contributed by atoms with Crippen LogP contribution in [0.5, 0.6) is 5.75 Å². The molecule has 1 saturated heterocycles. The number of hydrogen-bond acceptors (Lipinski definition) is 4. The fourth-order valence-electron chi connectivity index (χ4n) is 1.70. The minimum Gasteiger partial charge on any atom is -0.404 e. The van der Waals surface area contributed by atoms with Crippen LogP contribution in [0, 0.1) is 0 Å². The number of rotatable bonds is 4. The Hall–Kier alpha value is -1.50. The smallest absolute Gasteiger partial charge is 0.404 e. The first-order valence-electron chi connectivity index (χ1n) is 5.60. The van der Waals surface area contributed by atoms with Crippen LogP contribution in [0.15, 0.2) is 18.3 Å². The molecule has 0 radical (unpaired) electrons. The van der Waals surface area contributed by atoms with Gasteiger partial charge in [-0.2, -0.15) is 0 Å². The maximum atomic E-state index is 11.9. The predicted octanol–water partition coefficient (Wildman–Crippen LogP) is 2.57. The van der Waals surface area contributed by atoms with Crippen LogP contribution < -0.4 is 10.1 Å². The number of nitrogens with zero attached hydrogens (tertiary/aromatic N) is 1. The van der Waals surface area contributed by atoms with E-state index < -0.39 is 6.36 Å². The van der Waals surface area contributed by atoms with Gasteiger partial charge in [-0.25, -0.2) is 4.98 Å². The predicted molar refractivity (Wildman–Crippen MR) is 58.4 cm³/mol. The fraction of sp³-hybridized carbons (Fsp3) is 0.545. The third kappa shape index (κ3) is 4.06. The van der Waals surface area contributed by atoms with Crippen LogP contribution in [0.3, 0.4) is 0 Å². The SMILES string of the molecule is FC(F)(F)Oc1ccc(NCC2CCCO2)nc1. The minimum absolute atomic E-state index is 0.151. The summed E-state index contributed by atoms with van der Waals surface area (Å²) < 4.78 is 44.9. The van der Waals surface area contributed by atoms with Gasteiger partial charge < -0.3 is 14.8 Å². The molecule has 1 fully saturated rings. The first kappa shape index (κ1) is 12.9. The Kier molecular flexibility index (Phi) is 3.90. The van der Waals surface area contributed by atoms with Gasteiger partial charge in [0.25, 0.3) is 0 Å². The average molecular weight is 262 g/mol. The van der Waals surface area contributed by atoms with Gasteiger partial charge in [0.15, 0.2) is 0 Å². The highest BCUT2D eigenvalue weighted by atomic mass is 19.4. The number of anilines is 1. The molecule has 1 aromatic heterocycles. The molecule has 0 aromatic carbocycles. The fourth-order valence-corrected chi connectivity index (χ4v) is 1.70. The van der Waals surface area contributed by atoms with Crippen molar-refractivity contribution in [2.75, 3.05) is 18.5 Å². The summed E-state index contributed by atoms with van der Waals surface area (Å²) in [6.45, 7) is 1.37. The first-order valence-corrected chi connectivity index (χ1v) is 5.60. The molecular weight excluding hydrogens is 249 g/mol. The third-order valence-electron chi connectivity index (χ3n) is 2.50. The minimum atomic E-state index is -4.69. The van der Waals surface area contributed by atoms with E-state index in [2.05, 4.69) is 15.0 Å². The maximum absolute atomic E-state index is 11.9. The second-order valence-electron chi connectivity index (χ2n) is 3.94. The number of nitrogens with one attached hydrogen (secondary N) is 1. The third-order valence-corrected chi connectivity index (χ3v) is 2.50. The van der Waals surface area contributed by atoms with Crippen LogP contribution in [0.1, 0.15) is 12.8 Å². The summed E-state index contributed by atoms with van der Waals surface area (Å²) in [5.41, 5.74) is 0. The van der Waals surface area contributed by atoms with E-state index in [-0.39, 0.29) is 11.9 Å². The van der Waals surface area contributed by atoms with Crippen LogP contribution in [-0.2, 0) is 4.74 Å². The molecular formula is C11H13F3N2O2. The van der Waals surface area contributed by atoms with Crippen molar-refractivity contribution in [3.8, 4) is 5.75 Å². The lowest BCUT2D eigenvalue weighted by molar-refractivity contribution is -0.274. The van der Waals surface area contributed by atoms with Gasteiger partial charge in [-0.1, -0.05) is 0 Å². The van der Waals surface area contributed by atoms with Gasteiger partial charge in [-0.05, 0) is 25.0 Å². The molecule has 18 heavy (non-hydrogen) atoms. The average Bonchev–Trinajstić information content (AvgIpc) is 2.79. The number of aromatic nitrogens is 1. The Morgan fingerprint density at radius 2 is 2.28 bits per heavy atom. The molecule has 0 aliphatic carbocycles. The molecule has 1 aliphatic heterocycles. The quantitative estimate of drug-likeness (QED) is 0.905. The van der Waals surface area contributed by atoms with E-state index in [1.165, 1.54) is 12.1 Å². The van der Waals surface area contributed by atoms with Crippen molar-refractivity contribution in [3.63, 3.8) is 0 Å². The Morgan fingerprint density at radius 3 is 2.83 bits per heavy atom. The number of alkyl halides is 3.